The largest absolute Gasteiger partial charge is 0.444 e. The third-order valence-electron chi connectivity index (χ3n) is 7.59. The summed E-state index contributed by atoms with van der Waals surface area (Å²) in [7, 11) is 2.16. The Balaban J connectivity index is 1.38. The van der Waals surface area contributed by atoms with Crippen LogP contribution in [0, 0.1) is 6.92 Å². The Labute approximate surface area is 200 Å². The van der Waals surface area contributed by atoms with Crippen LogP contribution in [0.3, 0.4) is 0 Å². The number of benzene rings is 2. The molecular weight excluding hydrogens is 424 g/mol. The van der Waals surface area contributed by atoms with E-state index in [0.29, 0.717) is 6.54 Å². The highest BCUT2D eigenvalue weighted by molar-refractivity contribution is 6.15. The summed E-state index contributed by atoms with van der Waals surface area (Å²) in [5.74, 6) is 0. The van der Waals surface area contributed by atoms with Crippen molar-refractivity contribution in [3.05, 3.63) is 48.3 Å². The number of hydrogen-bond donors (Lipinski definition) is 0. The Morgan fingerprint density at radius 3 is 2.59 bits per heavy atom. The molecule has 176 valence electrons. The zero-order chi connectivity index (χ0) is 23.8. The van der Waals surface area contributed by atoms with Gasteiger partial charge in [-0.15, -0.1) is 0 Å². The maximum atomic E-state index is 12.9. The van der Waals surface area contributed by atoms with E-state index in [1.165, 1.54) is 43.8 Å². The molecule has 6 rings (SSSR count). The van der Waals surface area contributed by atoms with Crippen LogP contribution in [-0.2, 0) is 11.8 Å². The summed E-state index contributed by atoms with van der Waals surface area (Å²) in [4.78, 5) is 21.6. The first-order chi connectivity index (χ1) is 16.2. The number of piperazine rings is 1. The van der Waals surface area contributed by atoms with Gasteiger partial charge in [0.2, 0.25) is 0 Å². The first-order valence-electron chi connectivity index (χ1n) is 12.2. The van der Waals surface area contributed by atoms with Crippen molar-refractivity contribution in [3.8, 4) is 0 Å². The fourth-order valence-electron chi connectivity index (χ4n) is 5.78. The molecule has 6 heteroatoms. The van der Waals surface area contributed by atoms with Crippen molar-refractivity contribution in [2.24, 2.45) is 7.05 Å². The number of hydrogen-bond acceptors (Lipinski definition) is 4. The molecule has 34 heavy (non-hydrogen) atoms. The number of amides is 1. The van der Waals surface area contributed by atoms with E-state index >= 15 is 0 Å². The van der Waals surface area contributed by atoms with Gasteiger partial charge < -0.3 is 14.2 Å². The highest BCUT2D eigenvalue weighted by atomic mass is 16.6. The average Bonchev–Trinajstić information content (AvgIpc) is 3.49. The molecule has 2 fully saturated rings. The molecule has 0 bridgehead atoms. The molecule has 0 radical (unpaired) electrons. The van der Waals surface area contributed by atoms with Crippen LogP contribution < -0.4 is 4.90 Å². The molecule has 1 saturated carbocycles. The monoisotopic (exact) mass is 456 g/mol. The summed E-state index contributed by atoms with van der Waals surface area (Å²) in [5, 5.41) is 4.96. The highest BCUT2D eigenvalue weighted by Gasteiger charge is 2.54. The van der Waals surface area contributed by atoms with Crippen LogP contribution in [0.5, 0.6) is 0 Å². The van der Waals surface area contributed by atoms with Crippen LogP contribution in [0.25, 0.3) is 32.6 Å². The number of carbonyl (C=O) groups excluding carboxylic acids is 1. The third-order valence-corrected chi connectivity index (χ3v) is 7.59. The molecule has 2 aliphatic rings. The standard InChI is InChI=1S/C28H32N4O2/c1-18-21-8-11-29-16-19(21)14-23-22-15-20(6-7-24(22)30(5)25(18)23)31-12-13-32(28(17-31)9-10-28)26(33)34-27(2,3)4/h6-8,11,14-16H,9-10,12-13,17H2,1-5H3. The number of nitrogens with zero attached hydrogens (tertiary/aromatic N) is 4. The predicted molar refractivity (Wildman–Crippen MR) is 138 cm³/mol. The molecule has 1 saturated heterocycles. The zero-order valence-electron chi connectivity index (χ0n) is 20.7. The summed E-state index contributed by atoms with van der Waals surface area (Å²) in [5.41, 5.74) is 4.46. The first-order valence-corrected chi connectivity index (χ1v) is 12.2. The molecule has 2 aromatic heterocycles. The maximum absolute atomic E-state index is 12.9. The van der Waals surface area contributed by atoms with Crippen molar-refractivity contribution in [3.63, 3.8) is 0 Å². The van der Waals surface area contributed by atoms with Gasteiger partial charge in [0, 0.05) is 66.4 Å². The minimum absolute atomic E-state index is 0.0905. The van der Waals surface area contributed by atoms with E-state index < -0.39 is 5.60 Å². The van der Waals surface area contributed by atoms with E-state index in [1.807, 2.05) is 38.1 Å². The van der Waals surface area contributed by atoms with E-state index in [-0.39, 0.29) is 11.6 Å². The lowest BCUT2D eigenvalue weighted by atomic mass is 10.0. The predicted octanol–water partition coefficient (Wildman–Crippen LogP) is 5.78. The van der Waals surface area contributed by atoms with Gasteiger partial charge in [-0.05, 0) is 81.8 Å². The second-order valence-electron chi connectivity index (χ2n) is 11.0. The van der Waals surface area contributed by atoms with Crippen LogP contribution in [0.15, 0.2) is 42.7 Å². The average molecular weight is 457 g/mol. The van der Waals surface area contributed by atoms with Gasteiger partial charge >= 0.3 is 6.09 Å². The smallest absolute Gasteiger partial charge is 0.410 e. The van der Waals surface area contributed by atoms with Crippen LogP contribution in [0.4, 0.5) is 10.5 Å². The Bertz CT molecular complexity index is 1460. The van der Waals surface area contributed by atoms with Gasteiger partial charge in [0.1, 0.15) is 5.60 Å². The van der Waals surface area contributed by atoms with Gasteiger partial charge in [-0.3, -0.25) is 9.88 Å². The van der Waals surface area contributed by atoms with Gasteiger partial charge in [0.05, 0.1) is 11.1 Å². The normalized spacial score (nSPS) is 17.8. The third kappa shape index (κ3) is 3.23. The van der Waals surface area contributed by atoms with E-state index in [1.54, 1.807) is 0 Å². The molecule has 1 spiro atoms. The molecule has 1 aliphatic heterocycles. The molecule has 0 unspecified atom stereocenters. The van der Waals surface area contributed by atoms with Crippen molar-refractivity contribution in [2.75, 3.05) is 24.5 Å². The van der Waals surface area contributed by atoms with E-state index in [0.717, 1.165) is 25.9 Å². The first kappa shape index (κ1) is 21.3. The molecular formula is C28H32N4O2. The minimum Gasteiger partial charge on any atom is -0.444 e. The van der Waals surface area contributed by atoms with Crippen molar-refractivity contribution in [2.45, 2.75) is 51.7 Å². The maximum Gasteiger partial charge on any atom is 0.410 e. The van der Waals surface area contributed by atoms with E-state index in [9.17, 15) is 4.79 Å². The molecule has 0 atom stereocenters. The number of pyridine rings is 1. The summed E-state index contributed by atoms with van der Waals surface area (Å²) in [6, 6.07) is 11.2. The molecule has 3 heterocycles. The fraction of sp³-hybridized carbons (Fsp3) is 0.429. The summed E-state index contributed by atoms with van der Waals surface area (Å²) < 4.78 is 8.02. The fourth-order valence-corrected chi connectivity index (χ4v) is 5.78. The van der Waals surface area contributed by atoms with E-state index in [2.05, 4.69) is 58.8 Å². The number of aryl methyl sites for hydroxylation is 2. The Hall–Kier alpha value is -3.28. The molecule has 6 nitrogen and oxygen atoms in total. The quantitative estimate of drug-likeness (QED) is 0.364. The Morgan fingerprint density at radius 1 is 1.06 bits per heavy atom. The molecule has 2 aromatic carbocycles. The zero-order valence-corrected chi connectivity index (χ0v) is 20.7. The number of aromatic nitrogens is 2. The lowest BCUT2D eigenvalue weighted by molar-refractivity contribution is 0.0106. The number of anilines is 1. The van der Waals surface area contributed by atoms with Gasteiger partial charge in [0.15, 0.2) is 0 Å². The van der Waals surface area contributed by atoms with Crippen LogP contribution in [-0.4, -0.2) is 51.3 Å². The van der Waals surface area contributed by atoms with Gasteiger partial charge in [-0.2, -0.15) is 0 Å². The molecule has 0 N–H and O–H groups in total. The highest BCUT2D eigenvalue weighted by Crippen LogP contribution is 2.46. The summed E-state index contributed by atoms with van der Waals surface area (Å²) in [6.45, 7) is 10.4. The second-order valence-corrected chi connectivity index (χ2v) is 11.0. The van der Waals surface area contributed by atoms with Gasteiger partial charge in [0.25, 0.3) is 0 Å². The second kappa shape index (κ2) is 7.11. The lowest BCUT2D eigenvalue weighted by Gasteiger charge is -2.43. The Kier molecular flexibility index (Phi) is 4.45. The minimum atomic E-state index is -0.471. The van der Waals surface area contributed by atoms with Crippen LogP contribution in [0.1, 0.15) is 39.2 Å². The molecule has 1 amide bonds. The summed E-state index contributed by atoms with van der Waals surface area (Å²) >= 11 is 0. The number of fused-ring (bicyclic) bond motifs is 4. The van der Waals surface area contributed by atoms with Gasteiger partial charge in [-0.1, -0.05) is 0 Å². The molecule has 1 aliphatic carbocycles. The van der Waals surface area contributed by atoms with Crippen molar-refractivity contribution in [1.29, 1.82) is 0 Å². The summed E-state index contributed by atoms with van der Waals surface area (Å²) in [6.07, 6.45) is 5.73. The number of carbonyl (C=O) groups is 1. The van der Waals surface area contributed by atoms with Crippen molar-refractivity contribution >= 4 is 44.4 Å². The van der Waals surface area contributed by atoms with E-state index in [4.69, 9.17) is 4.74 Å². The van der Waals surface area contributed by atoms with Gasteiger partial charge in [-0.25, -0.2) is 4.79 Å². The van der Waals surface area contributed by atoms with Crippen molar-refractivity contribution < 1.29 is 9.53 Å². The van der Waals surface area contributed by atoms with Crippen molar-refractivity contribution in [1.82, 2.24) is 14.5 Å². The number of ether oxygens (including phenoxy) is 1. The SMILES string of the molecule is Cc1c2ccncc2cc2c3cc(N4CCN(C(=O)OC(C)(C)C)C5(CC5)C4)ccc3n(C)c12. The van der Waals surface area contributed by atoms with Crippen LogP contribution in [0.2, 0.25) is 0 Å². The Morgan fingerprint density at radius 2 is 1.85 bits per heavy atom. The molecule has 4 aromatic rings. The number of rotatable bonds is 1. The van der Waals surface area contributed by atoms with Crippen LogP contribution >= 0.6 is 0 Å². The lowest BCUT2D eigenvalue weighted by Crippen LogP contribution is -2.58. The topological polar surface area (TPSA) is 50.6 Å².